The van der Waals surface area contributed by atoms with Gasteiger partial charge in [-0.3, -0.25) is 9.59 Å². The lowest BCUT2D eigenvalue weighted by Gasteiger charge is -2.28. The molecule has 0 spiro atoms. The van der Waals surface area contributed by atoms with Crippen molar-refractivity contribution in [2.24, 2.45) is 0 Å². The first kappa shape index (κ1) is 26.8. The minimum atomic E-state index is -0.800. The van der Waals surface area contributed by atoms with E-state index in [1.807, 2.05) is 76.2 Å². The monoisotopic (exact) mass is 515 g/mol. The number of benzene rings is 3. The fourth-order valence-corrected chi connectivity index (χ4v) is 4.62. The number of ether oxygens (including phenoxy) is 3. The van der Waals surface area contributed by atoms with Crippen molar-refractivity contribution < 1.29 is 28.9 Å². The number of amides is 1. The molecule has 1 unspecified atom stereocenters. The number of hydrogen-bond acceptors (Lipinski definition) is 6. The van der Waals surface area contributed by atoms with Crippen molar-refractivity contribution in [1.29, 1.82) is 0 Å². The van der Waals surface area contributed by atoms with Gasteiger partial charge < -0.3 is 24.2 Å². The summed E-state index contributed by atoms with van der Waals surface area (Å²) in [4.78, 5) is 28.5. The molecule has 1 amide bonds. The minimum absolute atomic E-state index is 0.0158. The fourth-order valence-electron chi connectivity index (χ4n) is 4.62. The zero-order valence-corrected chi connectivity index (χ0v) is 22.6. The van der Waals surface area contributed by atoms with Gasteiger partial charge in [0.05, 0.1) is 32.4 Å². The number of rotatable bonds is 7. The molecule has 3 aromatic carbocycles. The molecule has 0 aromatic heterocycles. The number of likely N-dealkylation sites (tertiary alicyclic amines) is 1. The topological polar surface area (TPSA) is 85.3 Å². The van der Waals surface area contributed by atoms with Gasteiger partial charge in [0, 0.05) is 11.1 Å². The van der Waals surface area contributed by atoms with Crippen molar-refractivity contribution in [1.82, 2.24) is 4.90 Å². The van der Waals surface area contributed by atoms with Crippen molar-refractivity contribution in [2.75, 3.05) is 14.2 Å². The number of ketones is 1. The normalized spacial score (nSPS) is 17.0. The number of carbonyl (C=O) groups is 2. The Bertz CT molecular complexity index is 1400. The predicted octanol–water partition coefficient (Wildman–Crippen LogP) is 5.81. The summed E-state index contributed by atoms with van der Waals surface area (Å²) in [5.74, 6) is -0.217. The van der Waals surface area contributed by atoms with Crippen LogP contribution in [0.25, 0.3) is 5.76 Å². The Hall–Kier alpha value is -4.26. The van der Waals surface area contributed by atoms with Crippen molar-refractivity contribution in [3.8, 4) is 17.2 Å². The van der Waals surface area contributed by atoms with E-state index < -0.39 is 23.3 Å². The molecular weight excluding hydrogens is 482 g/mol. The molecule has 7 nitrogen and oxygen atoms in total. The molecule has 7 heteroatoms. The summed E-state index contributed by atoms with van der Waals surface area (Å²) in [5, 5.41) is 11.4. The molecule has 1 atom stereocenters. The van der Waals surface area contributed by atoms with E-state index in [4.69, 9.17) is 14.2 Å². The first-order valence-corrected chi connectivity index (χ1v) is 12.4. The molecule has 0 aliphatic carbocycles. The molecule has 1 fully saturated rings. The van der Waals surface area contributed by atoms with Crippen molar-refractivity contribution in [3.05, 3.63) is 94.6 Å². The average Bonchev–Trinajstić information content (AvgIpc) is 3.13. The van der Waals surface area contributed by atoms with Crippen molar-refractivity contribution >= 4 is 17.4 Å². The average molecular weight is 516 g/mol. The van der Waals surface area contributed by atoms with Gasteiger partial charge in [0.15, 0.2) is 11.5 Å². The maximum absolute atomic E-state index is 13.5. The van der Waals surface area contributed by atoms with E-state index in [1.54, 1.807) is 18.2 Å². The highest BCUT2D eigenvalue weighted by Gasteiger charge is 2.46. The quantitative estimate of drug-likeness (QED) is 0.243. The first-order chi connectivity index (χ1) is 18.0. The highest BCUT2D eigenvalue weighted by molar-refractivity contribution is 6.46. The zero-order valence-electron chi connectivity index (χ0n) is 22.6. The minimum Gasteiger partial charge on any atom is -0.507 e. The lowest BCUT2D eigenvalue weighted by molar-refractivity contribution is -0.140. The van der Waals surface area contributed by atoms with Gasteiger partial charge in [0.2, 0.25) is 0 Å². The van der Waals surface area contributed by atoms with Gasteiger partial charge in [-0.15, -0.1) is 0 Å². The molecule has 1 saturated heterocycles. The second kappa shape index (κ2) is 10.6. The molecule has 3 aromatic rings. The number of aliphatic hydroxyl groups is 1. The summed E-state index contributed by atoms with van der Waals surface area (Å²) < 4.78 is 16.8. The largest absolute Gasteiger partial charge is 0.507 e. The molecule has 0 bridgehead atoms. The maximum atomic E-state index is 13.5. The van der Waals surface area contributed by atoms with E-state index in [-0.39, 0.29) is 17.9 Å². The molecule has 1 aliphatic heterocycles. The summed E-state index contributed by atoms with van der Waals surface area (Å²) in [7, 11) is 3.01. The molecule has 4 rings (SSSR count). The van der Waals surface area contributed by atoms with Crippen LogP contribution in [0, 0.1) is 6.92 Å². The van der Waals surface area contributed by atoms with Crippen LogP contribution in [0.2, 0.25) is 0 Å². The van der Waals surface area contributed by atoms with Crippen LogP contribution >= 0.6 is 0 Å². The van der Waals surface area contributed by atoms with Crippen LogP contribution in [0.15, 0.2) is 72.3 Å². The molecule has 198 valence electrons. The molecule has 1 heterocycles. The van der Waals surface area contributed by atoms with Crippen LogP contribution in [0.4, 0.5) is 0 Å². The van der Waals surface area contributed by atoms with Gasteiger partial charge in [-0.1, -0.05) is 48.0 Å². The highest BCUT2D eigenvalue weighted by atomic mass is 16.5. The summed E-state index contributed by atoms with van der Waals surface area (Å²) in [5.41, 5.74) is 2.36. The van der Waals surface area contributed by atoms with E-state index in [1.165, 1.54) is 19.1 Å². The van der Waals surface area contributed by atoms with Crippen molar-refractivity contribution in [2.45, 2.75) is 45.9 Å². The number of hydrogen-bond donors (Lipinski definition) is 1. The summed E-state index contributed by atoms with van der Waals surface area (Å²) in [6.45, 7) is 7.91. The standard InChI is InChI=1S/C31H33NO6/c1-19-10-9-12-20(16-19)27-26(28(33)21-14-15-24(36-5)25(17-21)37-6)29(34)30(35)32(27)18-22-11-7-8-13-23(22)38-31(2,3)4/h7-17,27,33H,18H2,1-6H3/b28-26-. The molecule has 1 N–H and O–H groups in total. The van der Waals surface area contributed by atoms with Crippen molar-refractivity contribution in [3.63, 3.8) is 0 Å². The Morgan fingerprint density at radius 2 is 1.61 bits per heavy atom. The van der Waals surface area contributed by atoms with Crippen LogP contribution in [0.3, 0.4) is 0 Å². The highest BCUT2D eigenvalue weighted by Crippen LogP contribution is 2.42. The van der Waals surface area contributed by atoms with E-state index >= 15 is 0 Å². The number of methoxy groups -OCH3 is 2. The van der Waals surface area contributed by atoms with Gasteiger partial charge in [-0.05, 0) is 57.5 Å². The van der Waals surface area contributed by atoms with Gasteiger partial charge in [-0.2, -0.15) is 0 Å². The van der Waals surface area contributed by atoms with Crippen LogP contribution in [0.5, 0.6) is 17.2 Å². The third kappa shape index (κ3) is 5.37. The number of nitrogens with zero attached hydrogens (tertiary/aromatic N) is 1. The van der Waals surface area contributed by atoms with Gasteiger partial charge in [0.25, 0.3) is 11.7 Å². The van der Waals surface area contributed by atoms with E-state index in [0.717, 1.165) is 16.7 Å². The Kier molecular flexibility index (Phi) is 7.49. The SMILES string of the molecule is COc1ccc(/C(O)=C2/C(=O)C(=O)N(Cc3ccccc3OC(C)(C)C)C2c2cccc(C)c2)cc1OC. The van der Waals surface area contributed by atoms with Crippen LogP contribution in [0.1, 0.15) is 49.1 Å². The third-order valence-corrected chi connectivity index (χ3v) is 6.28. The Morgan fingerprint density at radius 1 is 0.895 bits per heavy atom. The molecular formula is C31H33NO6. The number of aliphatic hydroxyl groups excluding tert-OH is 1. The lowest BCUT2D eigenvalue weighted by Crippen LogP contribution is -2.30. The second-order valence-electron chi connectivity index (χ2n) is 10.2. The summed E-state index contributed by atoms with van der Waals surface area (Å²) in [6.07, 6.45) is 0. The lowest BCUT2D eigenvalue weighted by atomic mass is 9.94. The Labute approximate surface area is 223 Å². The Morgan fingerprint density at radius 3 is 2.26 bits per heavy atom. The number of carbonyl (C=O) groups excluding carboxylic acids is 2. The Balaban J connectivity index is 1.86. The molecule has 1 aliphatic rings. The first-order valence-electron chi connectivity index (χ1n) is 12.4. The van der Waals surface area contributed by atoms with Gasteiger partial charge in [0.1, 0.15) is 17.1 Å². The van der Waals surface area contributed by atoms with Gasteiger partial charge in [-0.25, -0.2) is 0 Å². The van der Waals surface area contributed by atoms with E-state index in [2.05, 4.69) is 0 Å². The number of para-hydroxylation sites is 1. The number of Topliss-reactive ketones (excluding diaryl/α,β-unsaturated/α-hetero) is 1. The summed E-state index contributed by atoms with van der Waals surface area (Å²) in [6, 6.07) is 19.1. The van der Waals surface area contributed by atoms with Crippen LogP contribution in [-0.2, 0) is 16.1 Å². The van der Waals surface area contributed by atoms with E-state index in [0.29, 0.717) is 22.8 Å². The molecule has 0 saturated carbocycles. The zero-order chi connectivity index (χ0) is 27.6. The second-order valence-corrected chi connectivity index (χ2v) is 10.2. The number of aryl methyl sites for hydroxylation is 1. The van der Waals surface area contributed by atoms with E-state index in [9.17, 15) is 14.7 Å². The molecule has 38 heavy (non-hydrogen) atoms. The predicted molar refractivity (Wildman–Crippen MR) is 145 cm³/mol. The van der Waals surface area contributed by atoms with Crippen LogP contribution < -0.4 is 14.2 Å². The third-order valence-electron chi connectivity index (χ3n) is 6.28. The summed E-state index contributed by atoms with van der Waals surface area (Å²) >= 11 is 0. The smallest absolute Gasteiger partial charge is 0.295 e. The molecule has 0 radical (unpaired) electrons. The van der Waals surface area contributed by atoms with Gasteiger partial charge >= 0.3 is 0 Å². The fraction of sp³-hybridized carbons (Fsp3) is 0.290. The maximum Gasteiger partial charge on any atom is 0.295 e. The van der Waals surface area contributed by atoms with Crippen LogP contribution in [-0.4, -0.2) is 41.5 Å².